The zero-order valence-corrected chi connectivity index (χ0v) is 20.6. The molecule has 12 heteroatoms. The minimum absolute atomic E-state index is 0.0205. The molecule has 10 nitrogen and oxygen atoms in total. The van der Waals surface area contributed by atoms with Gasteiger partial charge in [-0.3, -0.25) is 19.2 Å². The van der Waals surface area contributed by atoms with Crippen molar-refractivity contribution in [3.05, 3.63) is 81.4 Å². The number of sulfonamides is 1. The Hall–Kier alpha value is -3.83. The highest BCUT2D eigenvalue weighted by Gasteiger charge is 2.28. The summed E-state index contributed by atoms with van der Waals surface area (Å²) >= 11 is 6.22. The van der Waals surface area contributed by atoms with E-state index in [1.165, 1.54) is 56.7 Å². The minimum atomic E-state index is -4.20. The van der Waals surface area contributed by atoms with E-state index < -0.39 is 27.4 Å². The van der Waals surface area contributed by atoms with Gasteiger partial charge in [-0.2, -0.15) is 0 Å². The highest BCUT2D eigenvalue weighted by molar-refractivity contribution is 7.92. The molecule has 184 valence electrons. The summed E-state index contributed by atoms with van der Waals surface area (Å²) in [6.45, 7) is 1.17. The van der Waals surface area contributed by atoms with Crippen molar-refractivity contribution in [2.45, 2.75) is 11.8 Å². The number of ether oxygens (including phenoxy) is 2. The Balaban J connectivity index is 2.01. The largest absolute Gasteiger partial charge is 0.495 e. The fourth-order valence-corrected chi connectivity index (χ4v) is 4.86. The first kappa shape index (κ1) is 25.8. The van der Waals surface area contributed by atoms with Crippen LogP contribution in [0, 0.1) is 17.0 Å². The Kier molecular flexibility index (Phi) is 7.82. The van der Waals surface area contributed by atoms with Crippen LogP contribution in [0.2, 0.25) is 5.02 Å². The van der Waals surface area contributed by atoms with Gasteiger partial charge in [0.05, 0.1) is 40.4 Å². The zero-order valence-electron chi connectivity index (χ0n) is 19.0. The molecular weight excluding hydrogens is 498 g/mol. The number of non-ortho nitro benzene ring substituents is 1. The monoisotopic (exact) mass is 519 g/mol. The Morgan fingerprint density at radius 3 is 2.23 bits per heavy atom. The van der Waals surface area contributed by atoms with Gasteiger partial charge in [0.15, 0.2) is 0 Å². The number of benzene rings is 3. The number of carbonyl (C=O) groups excluding carboxylic acids is 1. The molecule has 0 saturated carbocycles. The molecular formula is C23H22ClN3O7S. The number of nitrogens with zero attached hydrogens (tertiary/aromatic N) is 2. The number of nitrogens with one attached hydrogen (secondary N) is 1. The molecule has 3 aromatic carbocycles. The first-order chi connectivity index (χ1) is 16.6. The number of methoxy groups -OCH3 is 2. The summed E-state index contributed by atoms with van der Waals surface area (Å²) in [7, 11) is -1.44. The predicted molar refractivity (Wildman–Crippen MR) is 132 cm³/mol. The van der Waals surface area contributed by atoms with Crippen molar-refractivity contribution in [3.63, 3.8) is 0 Å². The topological polar surface area (TPSA) is 128 Å². The highest BCUT2D eigenvalue weighted by Crippen LogP contribution is 2.33. The van der Waals surface area contributed by atoms with Crippen LogP contribution in [0.3, 0.4) is 0 Å². The molecule has 0 aromatic heterocycles. The summed E-state index contributed by atoms with van der Waals surface area (Å²) in [5, 5.41) is 13.8. The summed E-state index contributed by atoms with van der Waals surface area (Å²) in [6, 6.07) is 14.1. The van der Waals surface area contributed by atoms with Gasteiger partial charge in [-0.1, -0.05) is 29.3 Å². The van der Waals surface area contributed by atoms with Crippen LogP contribution in [-0.2, 0) is 14.8 Å². The van der Waals surface area contributed by atoms with E-state index in [0.717, 1.165) is 15.9 Å². The van der Waals surface area contributed by atoms with Gasteiger partial charge in [0.1, 0.15) is 18.0 Å². The van der Waals surface area contributed by atoms with Crippen LogP contribution >= 0.6 is 11.6 Å². The van der Waals surface area contributed by atoms with Crippen LogP contribution in [0.25, 0.3) is 0 Å². The molecule has 3 aromatic rings. The molecule has 0 atom stereocenters. The van der Waals surface area contributed by atoms with E-state index in [9.17, 15) is 23.3 Å². The normalized spacial score (nSPS) is 11.0. The number of rotatable bonds is 9. The quantitative estimate of drug-likeness (QED) is 0.327. The number of nitro benzene ring substituents is 1. The Bertz CT molecular complexity index is 1360. The molecule has 0 unspecified atom stereocenters. The van der Waals surface area contributed by atoms with Gasteiger partial charge in [-0.25, -0.2) is 8.42 Å². The number of amides is 1. The lowest BCUT2D eigenvalue weighted by Gasteiger charge is -2.25. The molecule has 0 aliphatic heterocycles. The van der Waals surface area contributed by atoms with Crippen molar-refractivity contribution in [3.8, 4) is 11.5 Å². The molecule has 0 aliphatic carbocycles. The smallest absolute Gasteiger partial charge is 0.271 e. The van der Waals surface area contributed by atoms with Gasteiger partial charge in [-0.15, -0.1) is 0 Å². The van der Waals surface area contributed by atoms with Crippen LogP contribution in [0.1, 0.15) is 5.56 Å². The molecule has 0 spiro atoms. The number of nitro groups is 1. The number of anilines is 2. The number of hydrogen-bond donors (Lipinski definition) is 1. The van der Waals surface area contributed by atoms with Gasteiger partial charge in [0.25, 0.3) is 15.7 Å². The van der Waals surface area contributed by atoms with E-state index in [1.54, 1.807) is 12.1 Å². The molecule has 0 aliphatic rings. The average Bonchev–Trinajstić information content (AvgIpc) is 2.82. The molecule has 0 heterocycles. The maximum atomic E-state index is 13.5. The maximum absolute atomic E-state index is 13.5. The Morgan fingerprint density at radius 2 is 1.66 bits per heavy atom. The lowest BCUT2D eigenvalue weighted by Crippen LogP contribution is -2.38. The second-order valence-electron chi connectivity index (χ2n) is 7.33. The van der Waals surface area contributed by atoms with Gasteiger partial charge < -0.3 is 14.8 Å². The molecule has 0 saturated heterocycles. The van der Waals surface area contributed by atoms with Crippen LogP contribution < -0.4 is 19.1 Å². The van der Waals surface area contributed by atoms with Crippen LogP contribution in [-0.4, -0.2) is 40.0 Å². The Morgan fingerprint density at radius 1 is 1.03 bits per heavy atom. The third-order valence-corrected chi connectivity index (χ3v) is 7.07. The molecule has 1 N–H and O–H groups in total. The number of aryl methyl sites for hydroxylation is 1. The van der Waals surface area contributed by atoms with E-state index in [2.05, 4.69) is 5.32 Å². The maximum Gasteiger partial charge on any atom is 0.271 e. The number of carbonyl (C=O) groups is 1. The SMILES string of the molecule is COc1ccc(N(CC(=O)Nc2cc([N+](=O)[O-])ccc2OC)S(=O)(=O)c2ccc(C)cc2)cc1Cl. The van der Waals surface area contributed by atoms with Gasteiger partial charge >= 0.3 is 0 Å². The van der Waals surface area contributed by atoms with Gasteiger partial charge in [0.2, 0.25) is 5.91 Å². The molecule has 0 bridgehead atoms. The fourth-order valence-electron chi connectivity index (χ4n) is 3.19. The van der Waals surface area contributed by atoms with Crippen LogP contribution in [0.4, 0.5) is 17.1 Å². The number of halogens is 1. The molecule has 1 amide bonds. The van der Waals surface area contributed by atoms with E-state index >= 15 is 0 Å². The lowest BCUT2D eigenvalue weighted by molar-refractivity contribution is -0.384. The fraction of sp³-hybridized carbons (Fsp3) is 0.174. The molecule has 0 radical (unpaired) electrons. The summed E-state index contributed by atoms with van der Waals surface area (Å²) in [4.78, 5) is 23.5. The lowest BCUT2D eigenvalue weighted by atomic mass is 10.2. The minimum Gasteiger partial charge on any atom is -0.495 e. The molecule has 3 rings (SSSR count). The summed E-state index contributed by atoms with van der Waals surface area (Å²) in [5.41, 5.74) is 0.732. The third-order valence-electron chi connectivity index (χ3n) is 4.99. The zero-order chi connectivity index (χ0) is 25.8. The van der Waals surface area contributed by atoms with Crippen molar-refractivity contribution in [2.75, 3.05) is 30.4 Å². The van der Waals surface area contributed by atoms with Crippen molar-refractivity contribution in [1.82, 2.24) is 0 Å². The van der Waals surface area contributed by atoms with Gasteiger partial charge in [-0.05, 0) is 43.3 Å². The summed E-state index contributed by atoms with van der Waals surface area (Å²) < 4.78 is 38.2. The first-order valence-corrected chi connectivity index (χ1v) is 11.9. The molecule has 35 heavy (non-hydrogen) atoms. The van der Waals surface area contributed by atoms with E-state index in [0.29, 0.717) is 5.75 Å². The second-order valence-corrected chi connectivity index (χ2v) is 9.60. The van der Waals surface area contributed by atoms with Crippen molar-refractivity contribution >= 4 is 44.6 Å². The van der Waals surface area contributed by atoms with Crippen molar-refractivity contribution < 1.29 is 27.6 Å². The Labute approximate surface area is 207 Å². The first-order valence-electron chi connectivity index (χ1n) is 10.1. The summed E-state index contributed by atoms with van der Waals surface area (Å²) in [5.74, 6) is -0.260. The van der Waals surface area contributed by atoms with Crippen molar-refractivity contribution in [2.24, 2.45) is 0 Å². The van der Waals surface area contributed by atoms with Crippen LogP contribution in [0.5, 0.6) is 11.5 Å². The standard InChI is InChI=1S/C23H22ClN3O7S/c1-15-4-8-18(9-5-15)35(31,32)26(16-6-10-21(33-2)19(24)12-16)14-23(28)25-20-13-17(27(29)30)7-11-22(20)34-3/h4-13H,14H2,1-3H3,(H,25,28). The molecule has 0 fully saturated rings. The van der Waals surface area contributed by atoms with Crippen LogP contribution in [0.15, 0.2) is 65.6 Å². The average molecular weight is 520 g/mol. The van der Waals surface area contributed by atoms with E-state index in [4.69, 9.17) is 21.1 Å². The summed E-state index contributed by atoms with van der Waals surface area (Å²) in [6.07, 6.45) is 0. The van der Waals surface area contributed by atoms with E-state index in [-0.39, 0.29) is 32.7 Å². The second kappa shape index (κ2) is 10.6. The predicted octanol–water partition coefficient (Wildman–Crippen LogP) is 4.41. The van der Waals surface area contributed by atoms with Crippen molar-refractivity contribution in [1.29, 1.82) is 0 Å². The third kappa shape index (κ3) is 5.81. The van der Waals surface area contributed by atoms with Gasteiger partial charge in [0, 0.05) is 12.1 Å². The highest BCUT2D eigenvalue weighted by atomic mass is 35.5. The number of hydrogen-bond acceptors (Lipinski definition) is 7. The van der Waals surface area contributed by atoms with E-state index in [1.807, 2.05) is 6.92 Å².